The van der Waals surface area contributed by atoms with E-state index in [0.717, 1.165) is 0 Å². The highest BCUT2D eigenvalue weighted by atomic mass is 79.9. The molecular weight excluding hydrogens is 314 g/mol. The number of hydrogen-bond donors (Lipinski definition) is 1. The van der Waals surface area contributed by atoms with Gasteiger partial charge in [0.15, 0.2) is 0 Å². The van der Waals surface area contributed by atoms with E-state index in [2.05, 4.69) is 15.9 Å². The van der Waals surface area contributed by atoms with E-state index in [0.29, 0.717) is 17.1 Å². The van der Waals surface area contributed by atoms with Gasteiger partial charge in [-0.05, 0) is 28.1 Å². The van der Waals surface area contributed by atoms with Gasteiger partial charge >= 0.3 is 0 Å². The third kappa shape index (κ3) is 2.91. The zero-order valence-corrected chi connectivity index (χ0v) is 11.3. The number of benzene rings is 2. The van der Waals surface area contributed by atoms with Crippen LogP contribution in [0.5, 0.6) is 11.5 Å². The Labute approximate surface area is 117 Å². The maximum atomic E-state index is 10.8. The van der Waals surface area contributed by atoms with Gasteiger partial charge in [0.1, 0.15) is 16.0 Å². The first kappa shape index (κ1) is 13.5. The first-order valence-corrected chi connectivity index (χ1v) is 6.22. The molecule has 6 heteroatoms. The van der Waals surface area contributed by atoms with Gasteiger partial charge < -0.3 is 9.84 Å². The molecule has 0 saturated carbocycles. The van der Waals surface area contributed by atoms with E-state index in [4.69, 9.17) is 4.74 Å². The first-order chi connectivity index (χ1) is 9.13. The molecule has 0 aliphatic carbocycles. The molecule has 2 aromatic carbocycles. The van der Waals surface area contributed by atoms with E-state index < -0.39 is 4.92 Å². The molecule has 2 rings (SSSR count). The van der Waals surface area contributed by atoms with Crippen molar-refractivity contribution in [2.24, 2.45) is 0 Å². The van der Waals surface area contributed by atoms with Crippen LogP contribution >= 0.6 is 15.9 Å². The minimum atomic E-state index is -0.491. The zero-order chi connectivity index (χ0) is 13.8. The molecule has 0 bridgehead atoms. The number of halogens is 1. The molecule has 0 aliphatic rings. The molecule has 0 aliphatic heterocycles. The average molecular weight is 324 g/mol. The van der Waals surface area contributed by atoms with Crippen LogP contribution in [0.15, 0.2) is 46.9 Å². The molecule has 98 valence electrons. The van der Waals surface area contributed by atoms with Crippen molar-refractivity contribution in [3.63, 3.8) is 0 Å². The van der Waals surface area contributed by atoms with Crippen molar-refractivity contribution in [3.8, 4) is 11.5 Å². The summed E-state index contributed by atoms with van der Waals surface area (Å²) >= 11 is 3.16. The Hall–Kier alpha value is -1.92. The molecule has 0 atom stereocenters. The van der Waals surface area contributed by atoms with E-state index in [-0.39, 0.29) is 16.8 Å². The smallest absolute Gasteiger partial charge is 0.287 e. The molecular formula is C13H10BrNO4. The van der Waals surface area contributed by atoms with Crippen molar-refractivity contribution in [1.29, 1.82) is 0 Å². The van der Waals surface area contributed by atoms with Crippen LogP contribution in [0.3, 0.4) is 0 Å². The van der Waals surface area contributed by atoms with Crippen LogP contribution in [0, 0.1) is 10.1 Å². The number of rotatable bonds is 4. The summed E-state index contributed by atoms with van der Waals surface area (Å²) in [6.45, 7) is -0.164. The lowest BCUT2D eigenvalue weighted by molar-refractivity contribution is -0.385. The highest BCUT2D eigenvalue weighted by Gasteiger charge is 2.16. The number of ether oxygens (including phenoxy) is 1. The van der Waals surface area contributed by atoms with Crippen molar-refractivity contribution in [1.82, 2.24) is 0 Å². The third-order valence-electron chi connectivity index (χ3n) is 2.50. The van der Waals surface area contributed by atoms with E-state index in [1.807, 2.05) is 0 Å². The van der Waals surface area contributed by atoms with Crippen LogP contribution in [0.4, 0.5) is 5.69 Å². The number of para-hydroxylation sites is 1. The number of nitrogens with zero attached hydrogens (tertiary/aromatic N) is 1. The predicted molar refractivity (Wildman–Crippen MR) is 73.2 cm³/mol. The Kier molecular flexibility index (Phi) is 4.13. The van der Waals surface area contributed by atoms with Crippen molar-refractivity contribution >= 4 is 21.6 Å². The summed E-state index contributed by atoms with van der Waals surface area (Å²) < 4.78 is 5.88. The lowest BCUT2D eigenvalue weighted by atomic mass is 10.2. The van der Waals surface area contributed by atoms with Gasteiger partial charge in [0.25, 0.3) is 5.69 Å². The fourth-order valence-electron chi connectivity index (χ4n) is 1.57. The fraction of sp³-hybridized carbons (Fsp3) is 0.0769. The molecule has 1 N–H and O–H groups in total. The van der Waals surface area contributed by atoms with Crippen LogP contribution in [0.1, 0.15) is 5.56 Å². The standard InChI is InChI=1S/C13H10BrNO4/c14-13-10(15(17)18)5-3-7-12(13)19-11-6-2-1-4-9(11)8-16/h1-7,16H,8H2. The Bertz CT molecular complexity index is 615. The van der Waals surface area contributed by atoms with Gasteiger partial charge in [-0.2, -0.15) is 0 Å². The average Bonchev–Trinajstić information content (AvgIpc) is 2.41. The summed E-state index contributed by atoms with van der Waals surface area (Å²) in [6, 6.07) is 11.5. The van der Waals surface area contributed by atoms with Gasteiger partial charge in [0.05, 0.1) is 11.5 Å². The van der Waals surface area contributed by atoms with Crippen LogP contribution in [-0.4, -0.2) is 10.0 Å². The maximum absolute atomic E-state index is 10.8. The van der Waals surface area contributed by atoms with Crippen molar-refractivity contribution in [2.45, 2.75) is 6.61 Å². The topological polar surface area (TPSA) is 72.6 Å². The summed E-state index contributed by atoms with van der Waals surface area (Å²) in [6.07, 6.45) is 0. The van der Waals surface area contributed by atoms with Crippen molar-refractivity contribution in [3.05, 3.63) is 62.6 Å². The van der Waals surface area contributed by atoms with Crippen LogP contribution in [-0.2, 0) is 6.61 Å². The second kappa shape index (κ2) is 5.81. The molecule has 0 unspecified atom stereocenters. The molecule has 0 radical (unpaired) electrons. The van der Waals surface area contributed by atoms with Crippen molar-refractivity contribution < 1.29 is 14.8 Å². The van der Waals surface area contributed by atoms with Gasteiger partial charge in [0, 0.05) is 11.6 Å². The largest absolute Gasteiger partial charge is 0.456 e. The van der Waals surface area contributed by atoms with E-state index in [1.54, 1.807) is 36.4 Å². The minimum Gasteiger partial charge on any atom is -0.456 e. The SMILES string of the molecule is O=[N+]([O-])c1cccc(Oc2ccccc2CO)c1Br. The summed E-state index contributed by atoms with van der Waals surface area (Å²) in [5.41, 5.74) is 0.542. The zero-order valence-electron chi connectivity index (χ0n) is 9.75. The lowest BCUT2D eigenvalue weighted by Crippen LogP contribution is -1.94. The second-order valence-corrected chi connectivity index (χ2v) is 4.51. The summed E-state index contributed by atoms with van der Waals surface area (Å²) in [5, 5.41) is 20.0. The van der Waals surface area contributed by atoms with E-state index in [9.17, 15) is 15.2 Å². The van der Waals surface area contributed by atoms with Gasteiger partial charge in [-0.15, -0.1) is 0 Å². The molecule has 2 aromatic rings. The Morgan fingerprint density at radius 2 is 1.84 bits per heavy atom. The Morgan fingerprint density at radius 3 is 2.53 bits per heavy atom. The van der Waals surface area contributed by atoms with Gasteiger partial charge in [-0.25, -0.2) is 0 Å². The van der Waals surface area contributed by atoms with Gasteiger partial charge in [-0.1, -0.05) is 24.3 Å². The number of nitro groups is 1. The van der Waals surface area contributed by atoms with Crippen LogP contribution in [0.2, 0.25) is 0 Å². The molecule has 0 fully saturated rings. The summed E-state index contributed by atoms with van der Waals surface area (Å²) in [4.78, 5) is 10.3. The number of aliphatic hydroxyl groups is 1. The fourth-order valence-corrected chi connectivity index (χ4v) is 2.06. The summed E-state index contributed by atoms with van der Waals surface area (Å²) in [7, 11) is 0. The predicted octanol–water partition coefficient (Wildman–Crippen LogP) is 3.64. The Balaban J connectivity index is 2.39. The second-order valence-electron chi connectivity index (χ2n) is 3.71. The highest BCUT2D eigenvalue weighted by Crippen LogP contribution is 2.37. The minimum absolute atomic E-state index is 0.0704. The van der Waals surface area contributed by atoms with Gasteiger partial charge in [-0.3, -0.25) is 10.1 Å². The van der Waals surface area contributed by atoms with Crippen LogP contribution < -0.4 is 4.74 Å². The Morgan fingerprint density at radius 1 is 1.16 bits per heavy atom. The quantitative estimate of drug-likeness (QED) is 0.688. The summed E-state index contributed by atoms with van der Waals surface area (Å²) in [5.74, 6) is 0.793. The molecule has 0 aromatic heterocycles. The highest BCUT2D eigenvalue weighted by molar-refractivity contribution is 9.10. The van der Waals surface area contributed by atoms with E-state index >= 15 is 0 Å². The maximum Gasteiger partial charge on any atom is 0.287 e. The van der Waals surface area contributed by atoms with Crippen LogP contribution in [0.25, 0.3) is 0 Å². The molecule has 0 spiro atoms. The van der Waals surface area contributed by atoms with Gasteiger partial charge in [0.2, 0.25) is 0 Å². The molecule has 0 saturated heterocycles. The first-order valence-electron chi connectivity index (χ1n) is 5.43. The van der Waals surface area contributed by atoms with Crippen molar-refractivity contribution in [2.75, 3.05) is 0 Å². The van der Waals surface area contributed by atoms with E-state index in [1.165, 1.54) is 6.07 Å². The number of nitro benzene ring substituents is 1. The normalized spacial score (nSPS) is 10.2. The number of hydrogen-bond acceptors (Lipinski definition) is 4. The molecule has 0 heterocycles. The number of aliphatic hydroxyl groups excluding tert-OH is 1. The third-order valence-corrected chi connectivity index (χ3v) is 3.30. The lowest BCUT2D eigenvalue weighted by Gasteiger charge is -2.10. The molecule has 19 heavy (non-hydrogen) atoms. The molecule has 5 nitrogen and oxygen atoms in total. The monoisotopic (exact) mass is 323 g/mol. The molecule has 0 amide bonds.